The van der Waals surface area contributed by atoms with Gasteiger partial charge in [0.2, 0.25) is 0 Å². The molecule has 3 nitrogen and oxygen atoms in total. The van der Waals surface area contributed by atoms with Gasteiger partial charge in [-0.1, -0.05) is 27.5 Å². The van der Waals surface area contributed by atoms with Crippen LogP contribution >= 0.6 is 27.5 Å². The number of hydrogen-bond acceptors (Lipinski definition) is 2. The van der Waals surface area contributed by atoms with E-state index in [0.29, 0.717) is 11.4 Å². The van der Waals surface area contributed by atoms with Crippen molar-refractivity contribution in [2.75, 3.05) is 0 Å². The summed E-state index contributed by atoms with van der Waals surface area (Å²) in [6, 6.07) is 5.44. The lowest BCUT2D eigenvalue weighted by Crippen LogP contribution is -2.00. The molecule has 0 fully saturated rings. The van der Waals surface area contributed by atoms with Gasteiger partial charge in [-0.3, -0.25) is 4.68 Å². The molecule has 0 amide bonds. The Morgan fingerprint density at radius 1 is 1.50 bits per heavy atom. The van der Waals surface area contributed by atoms with Crippen LogP contribution < -0.4 is 0 Å². The number of nitrogens with zero attached hydrogens (tertiary/aromatic N) is 2. The van der Waals surface area contributed by atoms with Gasteiger partial charge in [-0.25, -0.2) is 0 Å². The molecule has 18 heavy (non-hydrogen) atoms. The minimum atomic E-state index is -0.529. The van der Waals surface area contributed by atoms with Gasteiger partial charge >= 0.3 is 0 Å². The minimum absolute atomic E-state index is 0.529. The highest BCUT2D eigenvalue weighted by Gasteiger charge is 2.12. The molecule has 1 atom stereocenters. The molecule has 1 heterocycles. The normalized spacial score (nSPS) is 12.7. The Labute approximate surface area is 120 Å². The van der Waals surface area contributed by atoms with E-state index in [1.807, 2.05) is 25.5 Å². The molecule has 5 heteroatoms. The number of aryl methyl sites for hydroxylation is 2. The zero-order chi connectivity index (χ0) is 13.1. The van der Waals surface area contributed by atoms with Gasteiger partial charge in [0.05, 0.1) is 12.3 Å². The molecule has 0 radical (unpaired) electrons. The summed E-state index contributed by atoms with van der Waals surface area (Å²) in [4.78, 5) is 0. The summed E-state index contributed by atoms with van der Waals surface area (Å²) in [7, 11) is 1.88. The van der Waals surface area contributed by atoms with Crippen LogP contribution in [0.5, 0.6) is 0 Å². The predicted octanol–water partition coefficient (Wildman–Crippen LogP) is 3.50. The van der Waals surface area contributed by atoms with Gasteiger partial charge in [-0.15, -0.1) is 0 Å². The van der Waals surface area contributed by atoms with E-state index < -0.39 is 6.10 Å². The van der Waals surface area contributed by atoms with Crippen LogP contribution in [0.3, 0.4) is 0 Å². The number of hydrogen-bond donors (Lipinski definition) is 1. The Morgan fingerprint density at radius 3 is 2.94 bits per heavy atom. The van der Waals surface area contributed by atoms with Crippen molar-refractivity contribution < 1.29 is 5.11 Å². The first-order valence-electron chi connectivity index (χ1n) is 5.67. The average molecular weight is 330 g/mol. The molecule has 1 aromatic carbocycles. The summed E-state index contributed by atoms with van der Waals surface area (Å²) in [5.41, 5.74) is 1.95. The van der Waals surface area contributed by atoms with Gasteiger partial charge in [-0.2, -0.15) is 5.10 Å². The molecule has 2 rings (SSSR count). The maximum atomic E-state index is 10.2. The number of aliphatic hydroxyl groups excluding tert-OH is 1. The highest BCUT2D eigenvalue weighted by Crippen LogP contribution is 2.29. The van der Waals surface area contributed by atoms with Gasteiger partial charge in [0.1, 0.15) is 0 Å². The molecular weight excluding hydrogens is 316 g/mol. The molecule has 0 bridgehead atoms. The summed E-state index contributed by atoms with van der Waals surface area (Å²) in [5, 5.41) is 14.9. The smallest absolute Gasteiger partial charge is 0.0804 e. The largest absolute Gasteiger partial charge is 0.388 e. The lowest BCUT2D eigenvalue weighted by molar-refractivity contribution is 0.167. The summed E-state index contributed by atoms with van der Waals surface area (Å²) >= 11 is 9.36. The molecule has 1 N–H and O–H groups in total. The minimum Gasteiger partial charge on any atom is -0.388 e. The van der Waals surface area contributed by atoms with E-state index in [0.717, 1.165) is 22.0 Å². The zero-order valence-electron chi connectivity index (χ0n) is 9.98. The SMILES string of the molecule is Cn1cc(CCC(O)c2cc(Cl)ccc2Br)cn1. The maximum Gasteiger partial charge on any atom is 0.0804 e. The molecule has 1 unspecified atom stereocenters. The molecule has 0 spiro atoms. The predicted molar refractivity (Wildman–Crippen MR) is 75.6 cm³/mol. The molecule has 0 aliphatic heterocycles. The second-order valence-corrected chi connectivity index (χ2v) is 5.53. The fourth-order valence-electron chi connectivity index (χ4n) is 1.83. The third-order valence-corrected chi connectivity index (χ3v) is 3.74. The van der Waals surface area contributed by atoms with E-state index in [-0.39, 0.29) is 0 Å². The van der Waals surface area contributed by atoms with Crippen molar-refractivity contribution in [2.45, 2.75) is 18.9 Å². The van der Waals surface area contributed by atoms with Crippen LogP contribution in [-0.2, 0) is 13.5 Å². The summed E-state index contributed by atoms with van der Waals surface area (Å²) in [6.45, 7) is 0. The van der Waals surface area contributed by atoms with Gasteiger partial charge < -0.3 is 5.11 Å². The quantitative estimate of drug-likeness (QED) is 0.932. The van der Waals surface area contributed by atoms with Gasteiger partial charge in [0.25, 0.3) is 0 Å². The number of rotatable bonds is 4. The maximum absolute atomic E-state index is 10.2. The molecule has 0 saturated heterocycles. The van der Waals surface area contributed by atoms with Crippen molar-refractivity contribution >= 4 is 27.5 Å². The van der Waals surface area contributed by atoms with E-state index in [1.165, 1.54) is 0 Å². The topological polar surface area (TPSA) is 38.0 Å². The Morgan fingerprint density at radius 2 is 2.28 bits per heavy atom. The van der Waals surface area contributed by atoms with Crippen LogP contribution in [0.15, 0.2) is 35.1 Å². The van der Waals surface area contributed by atoms with Gasteiger partial charge in [0.15, 0.2) is 0 Å². The van der Waals surface area contributed by atoms with Crippen molar-refractivity contribution in [1.29, 1.82) is 0 Å². The van der Waals surface area contributed by atoms with E-state index in [4.69, 9.17) is 11.6 Å². The van der Waals surface area contributed by atoms with Crippen molar-refractivity contribution in [3.63, 3.8) is 0 Å². The van der Waals surface area contributed by atoms with Crippen molar-refractivity contribution in [3.05, 3.63) is 51.2 Å². The van der Waals surface area contributed by atoms with Crippen molar-refractivity contribution in [1.82, 2.24) is 9.78 Å². The summed E-state index contributed by atoms with van der Waals surface area (Å²) in [6.07, 6.45) is 4.68. The van der Waals surface area contributed by atoms with Crippen molar-refractivity contribution in [2.24, 2.45) is 7.05 Å². The molecule has 2 aromatic rings. The first-order valence-corrected chi connectivity index (χ1v) is 6.84. The molecule has 0 aliphatic carbocycles. The summed E-state index contributed by atoms with van der Waals surface area (Å²) in [5.74, 6) is 0. The first kappa shape index (κ1) is 13.6. The van der Waals surface area contributed by atoms with E-state index in [2.05, 4.69) is 21.0 Å². The number of aromatic nitrogens is 2. The Balaban J connectivity index is 2.03. The third kappa shape index (κ3) is 3.34. The third-order valence-electron chi connectivity index (χ3n) is 2.78. The lowest BCUT2D eigenvalue weighted by Gasteiger charge is -2.12. The highest BCUT2D eigenvalue weighted by molar-refractivity contribution is 9.10. The number of aliphatic hydroxyl groups is 1. The fourth-order valence-corrected chi connectivity index (χ4v) is 2.52. The van der Waals surface area contributed by atoms with E-state index in [1.54, 1.807) is 16.8 Å². The van der Waals surface area contributed by atoms with Gasteiger partial charge in [-0.05, 0) is 42.2 Å². The Hall–Kier alpha value is -0.840. The highest BCUT2D eigenvalue weighted by atomic mass is 79.9. The standard InChI is InChI=1S/C13H14BrClN2O/c1-17-8-9(7-16-17)2-5-13(18)11-6-10(15)3-4-12(11)14/h3-4,6-8,13,18H,2,5H2,1H3. The molecule has 1 aromatic heterocycles. The van der Waals surface area contributed by atoms with Crippen LogP contribution in [0.2, 0.25) is 5.02 Å². The molecule has 0 aliphatic rings. The van der Waals surface area contributed by atoms with Crippen LogP contribution in [-0.4, -0.2) is 14.9 Å². The van der Waals surface area contributed by atoms with Crippen LogP contribution in [0.25, 0.3) is 0 Å². The molecule has 96 valence electrons. The second kappa shape index (κ2) is 5.87. The second-order valence-electron chi connectivity index (χ2n) is 4.24. The van der Waals surface area contributed by atoms with Crippen molar-refractivity contribution in [3.8, 4) is 0 Å². The van der Waals surface area contributed by atoms with Crippen LogP contribution in [0, 0.1) is 0 Å². The summed E-state index contributed by atoms with van der Waals surface area (Å²) < 4.78 is 2.64. The molecular formula is C13H14BrClN2O. The van der Waals surface area contributed by atoms with Crippen LogP contribution in [0.4, 0.5) is 0 Å². The first-order chi connectivity index (χ1) is 8.56. The lowest BCUT2D eigenvalue weighted by atomic mass is 10.0. The monoisotopic (exact) mass is 328 g/mol. The van der Waals surface area contributed by atoms with E-state index >= 15 is 0 Å². The zero-order valence-corrected chi connectivity index (χ0v) is 12.3. The Kier molecular flexibility index (Phi) is 4.43. The Bertz CT molecular complexity index is 542. The number of benzene rings is 1. The van der Waals surface area contributed by atoms with Crippen LogP contribution in [0.1, 0.15) is 23.7 Å². The molecule has 0 saturated carbocycles. The van der Waals surface area contributed by atoms with Gasteiger partial charge in [0, 0.05) is 22.7 Å². The fraction of sp³-hybridized carbons (Fsp3) is 0.308. The van der Waals surface area contributed by atoms with E-state index in [9.17, 15) is 5.11 Å². The number of halogens is 2. The average Bonchev–Trinajstić information content (AvgIpc) is 2.75.